The van der Waals surface area contributed by atoms with Gasteiger partial charge in [-0.1, -0.05) is 13.8 Å². The Labute approximate surface area is 106 Å². The summed E-state index contributed by atoms with van der Waals surface area (Å²) < 4.78 is 4.97. The van der Waals surface area contributed by atoms with Gasteiger partial charge in [-0.15, -0.1) is 0 Å². The van der Waals surface area contributed by atoms with Gasteiger partial charge in [-0.05, 0) is 29.7 Å². The van der Waals surface area contributed by atoms with Crippen LogP contribution in [0.4, 0.5) is 0 Å². The number of phenolic OH excluding ortho intramolecular Hbond substituents is 1. The highest BCUT2D eigenvalue weighted by molar-refractivity contribution is 5.83. The van der Waals surface area contributed by atoms with Crippen LogP contribution in [0.3, 0.4) is 0 Å². The van der Waals surface area contributed by atoms with E-state index in [1.165, 1.54) is 19.4 Å². The molecule has 0 saturated carbocycles. The summed E-state index contributed by atoms with van der Waals surface area (Å²) in [6.45, 7) is 3.93. The van der Waals surface area contributed by atoms with Gasteiger partial charge in [0.2, 0.25) is 5.91 Å². The molecule has 0 heterocycles. The molecule has 0 unspecified atom stereocenters. The molecule has 0 spiro atoms. The number of nitrogens with one attached hydrogen (secondary N) is 1. The summed E-state index contributed by atoms with van der Waals surface area (Å²) in [4.78, 5) is 11.3. The highest BCUT2D eigenvalue weighted by Crippen LogP contribution is 2.25. The standard InChI is InChI=1S/C13H18N2O3/c1-9(2)6-13(17)15-14-8-10-4-5-11(16)12(7-10)18-3/h4-5,7-9,16H,6H2,1-3H3,(H,15,17)/b14-8-. The van der Waals surface area contributed by atoms with Gasteiger partial charge < -0.3 is 9.84 Å². The molecule has 0 fully saturated rings. The zero-order valence-corrected chi connectivity index (χ0v) is 10.8. The van der Waals surface area contributed by atoms with E-state index >= 15 is 0 Å². The lowest BCUT2D eigenvalue weighted by Crippen LogP contribution is -2.19. The number of carbonyl (C=O) groups is 1. The molecule has 98 valence electrons. The van der Waals surface area contributed by atoms with Crippen LogP contribution in [0.2, 0.25) is 0 Å². The van der Waals surface area contributed by atoms with Crippen molar-refractivity contribution in [1.82, 2.24) is 5.43 Å². The zero-order valence-electron chi connectivity index (χ0n) is 10.8. The van der Waals surface area contributed by atoms with Crippen LogP contribution in [-0.4, -0.2) is 24.3 Å². The molecule has 1 rings (SSSR count). The number of hydrazone groups is 1. The van der Waals surface area contributed by atoms with E-state index in [4.69, 9.17) is 4.74 Å². The van der Waals surface area contributed by atoms with Crippen LogP contribution >= 0.6 is 0 Å². The maximum Gasteiger partial charge on any atom is 0.240 e. The van der Waals surface area contributed by atoms with Gasteiger partial charge in [0, 0.05) is 6.42 Å². The van der Waals surface area contributed by atoms with Gasteiger partial charge in [-0.2, -0.15) is 5.10 Å². The number of ether oxygens (including phenoxy) is 1. The van der Waals surface area contributed by atoms with E-state index in [1.807, 2.05) is 13.8 Å². The summed E-state index contributed by atoms with van der Waals surface area (Å²) in [7, 11) is 1.47. The quantitative estimate of drug-likeness (QED) is 0.619. The first kappa shape index (κ1) is 14.0. The molecule has 1 aromatic rings. The van der Waals surface area contributed by atoms with E-state index in [2.05, 4.69) is 10.5 Å². The van der Waals surface area contributed by atoms with Crippen LogP contribution in [0.15, 0.2) is 23.3 Å². The monoisotopic (exact) mass is 250 g/mol. The fourth-order valence-electron chi connectivity index (χ4n) is 1.37. The van der Waals surface area contributed by atoms with Crippen LogP contribution in [0.25, 0.3) is 0 Å². The number of carbonyl (C=O) groups excluding carboxylic acids is 1. The van der Waals surface area contributed by atoms with Crippen molar-refractivity contribution in [3.63, 3.8) is 0 Å². The summed E-state index contributed by atoms with van der Waals surface area (Å²) >= 11 is 0. The molecule has 0 bridgehead atoms. The Kier molecular flexibility index (Phi) is 5.17. The SMILES string of the molecule is COc1cc(/C=N\NC(=O)CC(C)C)ccc1O. The molecular weight excluding hydrogens is 232 g/mol. The van der Waals surface area contributed by atoms with Gasteiger partial charge in [0.1, 0.15) is 0 Å². The molecule has 0 radical (unpaired) electrons. The van der Waals surface area contributed by atoms with E-state index < -0.39 is 0 Å². The molecule has 5 nitrogen and oxygen atoms in total. The first-order valence-electron chi connectivity index (χ1n) is 5.72. The molecular formula is C13H18N2O3. The predicted octanol–water partition coefficient (Wildman–Crippen LogP) is 1.90. The third-order valence-electron chi connectivity index (χ3n) is 2.20. The Balaban J connectivity index is 2.59. The summed E-state index contributed by atoms with van der Waals surface area (Å²) in [5.41, 5.74) is 3.17. The van der Waals surface area contributed by atoms with Crippen molar-refractivity contribution in [1.29, 1.82) is 0 Å². The Hall–Kier alpha value is -2.04. The highest BCUT2D eigenvalue weighted by atomic mass is 16.5. The second-order valence-electron chi connectivity index (χ2n) is 4.32. The number of phenols is 1. The van der Waals surface area contributed by atoms with Gasteiger partial charge in [0.05, 0.1) is 13.3 Å². The molecule has 0 aliphatic rings. The van der Waals surface area contributed by atoms with Crippen molar-refractivity contribution < 1.29 is 14.6 Å². The third kappa shape index (κ3) is 4.45. The summed E-state index contributed by atoms with van der Waals surface area (Å²) in [6.07, 6.45) is 1.94. The molecule has 0 saturated heterocycles. The lowest BCUT2D eigenvalue weighted by Gasteiger charge is -2.04. The van der Waals surface area contributed by atoms with Crippen molar-refractivity contribution in [3.8, 4) is 11.5 Å². The molecule has 2 N–H and O–H groups in total. The Morgan fingerprint density at radius 3 is 2.89 bits per heavy atom. The largest absolute Gasteiger partial charge is 0.504 e. The van der Waals surface area contributed by atoms with Gasteiger partial charge >= 0.3 is 0 Å². The average molecular weight is 250 g/mol. The fourth-order valence-corrected chi connectivity index (χ4v) is 1.37. The van der Waals surface area contributed by atoms with Gasteiger partial charge in [-0.3, -0.25) is 4.79 Å². The van der Waals surface area contributed by atoms with Gasteiger partial charge in [0.15, 0.2) is 11.5 Å². The van der Waals surface area contributed by atoms with Crippen LogP contribution < -0.4 is 10.2 Å². The van der Waals surface area contributed by atoms with Crippen molar-refractivity contribution in [2.75, 3.05) is 7.11 Å². The first-order valence-corrected chi connectivity index (χ1v) is 5.72. The number of hydrogen-bond acceptors (Lipinski definition) is 4. The van der Waals surface area contributed by atoms with Gasteiger partial charge in [0.25, 0.3) is 0 Å². The Morgan fingerprint density at radius 1 is 1.56 bits per heavy atom. The number of aromatic hydroxyl groups is 1. The molecule has 18 heavy (non-hydrogen) atoms. The smallest absolute Gasteiger partial charge is 0.240 e. The molecule has 5 heteroatoms. The highest BCUT2D eigenvalue weighted by Gasteiger charge is 2.03. The van der Waals surface area contributed by atoms with E-state index in [0.29, 0.717) is 18.1 Å². The lowest BCUT2D eigenvalue weighted by molar-refractivity contribution is -0.121. The molecule has 0 atom stereocenters. The third-order valence-corrected chi connectivity index (χ3v) is 2.20. The number of benzene rings is 1. The first-order chi connectivity index (χ1) is 8.52. The zero-order chi connectivity index (χ0) is 13.5. The number of nitrogens with zero attached hydrogens (tertiary/aromatic N) is 1. The van der Waals surface area contributed by atoms with E-state index in [0.717, 1.165) is 5.56 Å². The maximum atomic E-state index is 11.3. The molecule has 1 amide bonds. The molecule has 0 aliphatic carbocycles. The van der Waals surface area contributed by atoms with Crippen molar-refractivity contribution >= 4 is 12.1 Å². The molecule has 1 aromatic carbocycles. The van der Waals surface area contributed by atoms with Gasteiger partial charge in [-0.25, -0.2) is 5.43 Å². The van der Waals surface area contributed by atoms with Crippen LogP contribution in [0.5, 0.6) is 11.5 Å². The second kappa shape index (κ2) is 6.64. The normalized spacial score (nSPS) is 10.9. The minimum atomic E-state index is -0.119. The van der Waals surface area contributed by atoms with Crippen LogP contribution in [-0.2, 0) is 4.79 Å². The number of hydrogen-bond donors (Lipinski definition) is 2. The maximum absolute atomic E-state index is 11.3. The summed E-state index contributed by atoms with van der Waals surface area (Å²) in [5.74, 6) is 0.618. The van der Waals surface area contributed by atoms with E-state index in [-0.39, 0.29) is 11.7 Å². The summed E-state index contributed by atoms with van der Waals surface area (Å²) in [5, 5.41) is 13.2. The lowest BCUT2D eigenvalue weighted by atomic mass is 10.1. The average Bonchev–Trinajstić information content (AvgIpc) is 2.30. The second-order valence-corrected chi connectivity index (χ2v) is 4.32. The number of rotatable bonds is 5. The number of amides is 1. The van der Waals surface area contributed by atoms with Crippen LogP contribution in [0, 0.1) is 5.92 Å². The predicted molar refractivity (Wildman–Crippen MR) is 69.9 cm³/mol. The van der Waals surface area contributed by atoms with E-state index in [1.54, 1.807) is 12.1 Å². The fraction of sp³-hybridized carbons (Fsp3) is 0.385. The van der Waals surface area contributed by atoms with Crippen molar-refractivity contribution in [2.24, 2.45) is 11.0 Å². The minimum Gasteiger partial charge on any atom is -0.504 e. The topological polar surface area (TPSA) is 70.9 Å². The summed E-state index contributed by atoms with van der Waals surface area (Å²) in [6, 6.07) is 4.82. The van der Waals surface area contributed by atoms with E-state index in [9.17, 15) is 9.90 Å². The molecule has 0 aliphatic heterocycles. The number of methoxy groups -OCH3 is 1. The minimum absolute atomic E-state index is 0.0680. The van der Waals surface area contributed by atoms with Crippen molar-refractivity contribution in [3.05, 3.63) is 23.8 Å². The Morgan fingerprint density at radius 2 is 2.28 bits per heavy atom. The van der Waals surface area contributed by atoms with Crippen LogP contribution in [0.1, 0.15) is 25.8 Å². The van der Waals surface area contributed by atoms with Crippen molar-refractivity contribution in [2.45, 2.75) is 20.3 Å². The Bertz CT molecular complexity index is 442. The molecule has 0 aromatic heterocycles.